The molecular formula is C17H13FN2OS. The smallest absolute Gasteiger partial charge is 0.238 e. The first kappa shape index (κ1) is 14.6. The molecule has 1 saturated heterocycles. The maximum absolute atomic E-state index is 13.1. The molecule has 0 saturated carbocycles. The van der Waals surface area contributed by atoms with Gasteiger partial charge in [-0.2, -0.15) is 5.26 Å². The van der Waals surface area contributed by atoms with Gasteiger partial charge in [0.2, 0.25) is 5.91 Å². The number of nitriles is 1. The number of carbonyl (C=O) groups is 1. The molecular weight excluding hydrogens is 299 g/mol. The topological polar surface area (TPSA) is 44.1 Å². The summed E-state index contributed by atoms with van der Waals surface area (Å²) in [6.45, 7) is 1.88. The van der Waals surface area contributed by atoms with Gasteiger partial charge in [-0.3, -0.25) is 9.69 Å². The molecule has 1 unspecified atom stereocenters. The van der Waals surface area contributed by atoms with E-state index in [2.05, 4.69) is 6.07 Å². The first-order valence-electron chi connectivity index (χ1n) is 6.80. The van der Waals surface area contributed by atoms with E-state index in [0.29, 0.717) is 11.3 Å². The zero-order valence-corrected chi connectivity index (χ0v) is 12.7. The van der Waals surface area contributed by atoms with Crippen LogP contribution in [0.2, 0.25) is 0 Å². The van der Waals surface area contributed by atoms with Crippen LogP contribution in [-0.4, -0.2) is 11.7 Å². The van der Waals surface area contributed by atoms with Crippen molar-refractivity contribution in [2.24, 2.45) is 0 Å². The molecule has 1 aliphatic heterocycles. The number of amides is 1. The van der Waals surface area contributed by atoms with E-state index in [9.17, 15) is 9.18 Å². The van der Waals surface area contributed by atoms with Crippen LogP contribution >= 0.6 is 11.8 Å². The molecule has 1 heterocycles. The summed E-state index contributed by atoms with van der Waals surface area (Å²) in [7, 11) is 0. The van der Waals surface area contributed by atoms with Gasteiger partial charge in [-0.25, -0.2) is 4.39 Å². The summed E-state index contributed by atoms with van der Waals surface area (Å²) in [6, 6.07) is 13.6. The molecule has 1 aliphatic rings. The van der Waals surface area contributed by atoms with Crippen molar-refractivity contribution in [1.29, 1.82) is 5.26 Å². The quantitative estimate of drug-likeness (QED) is 0.847. The second-order valence-corrected chi connectivity index (χ2v) is 6.16. The van der Waals surface area contributed by atoms with Crippen LogP contribution in [0.4, 0.5) is 10.1 Å². The van der Waals surface area contributed by atoms with Gasteiger partial charge < -0.3 is 0 Å². The molecule has 5 heteroatoms. The molecule has 1 atom stereocenters. The van der Waals surface area contributed by atoms with Crippen molar-refractivity contribution >= 4 is 23.4 Å². The highest BCUT2D eigenvalue weighted by Gasteiger charge is 2.34. The van der Waals surface area contributed by atoms with E-state index in [-0.39, 0.29) is 17.1 Å². The first-order valence-corrected chi connectivity index (χ1v) is 7.85. The molecule has 0 aromatic heterocycles. The van der Waals surface area contributed by atoms with Gasteiger partial charge >= 0.3 is 0 Å². The van der Waals surface area contributed by atoms with Crippen molar-refractivity contribution in [3.8, 4) is 6.07 Å². The van der Waals surface area contributed by atoms with Gasteiger partial charge in [0.15, 0.2) is 0 Å². The van der Waals surface area contributed by atoms with Crippen LogP contribution in [0.5, 0.6) is 0 Å². The van der Waals surface area contributed by atoms with Crippen LogP contribution < -0.4 is 4.90 Å². The lowest BCUT2D eigenvalue weighted by Gasteiger charge is -2.26. The lowest BCUT2D eigenvalue weighted by molar-refractivity contribution is -0.115. The highest BCUT2D eigenvalue weighted by Crippen LogP contribution is 2.42. The average molecular weight is 312 g/mol. The van der Waals surface area contributed by atoms with Crippen LogP contribution in [-0.2, 0) is 4.79 Å². The summed E-state index contributed by atoms with van der Waals surface area (Å²) in [5, 5.41) is 8.79. The van der Waals surface area contributed by atoms with Crippen LogP contribution in [0.25, 0.3) is 0 Å². The largest absolute Gasteiger partial charge is 0.295 e. The minimum absolute atomic E-state index is 0.0205. The highest BCUT2D eigenvalue weighted by molar-refractivity contribution is 8.00. The molecule has 1 fully saturated rings. The molecule has 0 spiro atoms. The zero-order valence-electron chi connectivity index (χ0n) is 11.9. The van der Waals surface area contributed by atoms with Gasteiger partial charge in [-0.15, -0.1) is 11.8 Å². The number of halogens is 1. The van der Waals surface area contributed by atoms with Gasteiger partial charge in [0.1, 0.15) is 11.2 Å². The number of anilines is 1. The second-order valence-electron chi connectivity index (χ2n) is 5.09. The van der Waals surface area contributed by atoms with Crippen LogP contribution in [0.3, 0.4) is 0 Å². The SMILES string of the molecule is Cc1cc(C#N)ccc1N1C(=O)CSC1c1ccc(F)cc1. The van der Waals surface area contributed by atoms with Crippen molar-refractivity contribution in [2.75, 3.05) is 10.7 Å². The Morgan fingerprint density at radius 1 is 1.27 bits per heavy atom. The van der Waals surface area contributed by atoms with Gasteiger partial charge in [0.25, 0.3) is 0 Å². The number of hydrogen-bond acceptors (Lipinski definition) is 3. The van der Waals surface area contributed by atoms with Crippen molar-refractivity contribution in [3.63, 3.8) is 0 Å². The highest BCUT2D eigenvalue weighted by atomic mass is 32.2. The van der Waals surface area contributed by atoms with Gasteiger partial charge in [-0.1, -0.05) is 12.1 Å². The number of benzene rings is 2. The Morgan fingerprint density at radius 3 is 2.64 bits per heavy atom. The van der Waals surface area contributed by atoms with Crippen molar-refractivity contribution in [2.45, 2.75) is 12.3 Å². The monoisotopic (exact) mass is 312 g/mol. The molecule has 0 radical (unpaired) electrons. The van der Waals surface area contributed by atoms with Crippen molar-refractivity contribution < 1.29 is 9.18 Å². The van der Waals surface area contributed by atoms with Crippen LogP contribution in [0.1, 0.15) is 22.1 Å². The number of hydrogen-bond donors (Lipinski definition) is 0. The molecule has 2 aromatic carbocycles. The molecule has 3 nitrogen and oxygen atoms in total. The fourth-order valence-electron chi connectivity index (χ4n) is 2.55. The summed E-state index contributed by atoms with van der Waals surface area (Å²) >= 11 is 1.52. The van der Waals surface area contributed by atoms with E-state index in [1.54, 1.807) is 35.2 Å². The molecule has 110 valence electrons. The van der Waals surface area contributed by atoms with Crippen LogP contribution in [0, 0.1) is 24.1 Å². The molecule has 2 aromatic rings. The first-order chi connectivity index (χ1) is 10.6. The molecule has 3 rings (SSSR count). The lowest BCUT2D eigenvalue weighted by atomic mass is 10.1. The normalized spacial score (nSPS) is 17.6. The van der Waals surface area contributed by atoms with Gasteiger partial charge in [0, 0.05) is 5.69 Å². The summed E-state index contributed by atoms with van der Waals surface area (Å²) in [4.78, 5) is 14.0. The molecule has 0 N–H and O–H groups in total. The van der Waals surface area contributed by atoms with Crippen molar-refractivity contribution in [3.05, 3.63) is 65.0 Å². The van der Waals surface area contributed by atoms with E-state index in [1.807, 2.05) is 6.92 Å². The summed E-state index contributed by atoms with van der Waals surface area (Å²) in [5.41, 5.74) is 3.13. The Hall–Kier alpha value is -2.32. The maximum atomic E-state index is 13.1. The third-order valence-corrected chi connectivity index (χ3v) is 4.82. The Kier molecular flexibility index (Phi) is 3.86. The van der Waals surface area contributed by atoms with Gasteiger partial charge in [0.05, 0.1) is 17.4 Å². The minimum atomic E-state index is -0.292. The lowest BCUT2D eigenvalue weighted by Crippen LogP contribution is -2.28. The maximum Gasteiger partial charge on any atom is 0.238 e. The summed E-state index contributed by atoms with van der Waals surface area (Å²) < 4.78 is 13.1. The van der Waals surface area contributed by atoms with E-state index in [0.717, 1.165) is 16.8 Å². The molecule has 22 heavy (non-hydrogen) atoms. The number of thioether (sulfide) groups is 1. The van der Waals surface area contributed by atoms with E-state index < -0.39 is 0 Å². The van der Waals surface area contributed by atoms with E-state index in [1.165, 1.54) is 23.9 Å². The summed E-state index contributed by atoms with van der Waals surface area (Å²) in [5.74, 6) is 0.118. The molecule has 1 amide bonds. The second kappa shape index (κ2) is 5.82. The minimum Gasteiger partial charge on any atom is -0.295 e. The Bertz CT molecular complexity index is 767. The number of rotatable bonds is 2. The predicted molar refractivity (Wildman–Crippen MR) is 85.0 cm³/mol. The fraction of sp³-hybridized carbons (Fsp3) is 0.176. The van der Waals surface area contributed by atoms with Crippen molar-refractivity contribution in [1.82, 2.24) is 0 Å². The molecule has 0 bridgehead atoms. The fourth-order valence-corrected chi connectivity index (χ4v) is 3.72. The zero-order chi connectivity index (χ0) is 15.7. The number of carbonyl (C=O) groups excluding carboxylic acids is 1. The third-order valence-electron chi connectivity index (χ3n) is 3.61. The average Bonchev–Trinajstić information content (AvgIpc) is 2.89. The number of aryl methyl sites for hydroxylation is 1. The van der Waals surface area contributed by atoms with E-state index in [4.69, 9.17) is 5.26 Å². The van der Waals surface area contributed by atoms with Gasteiger partial charge in [-0.05, 0) is 48.4 Å². The standard InChI is InChI=1S/C17H13FN2OS/c1-11-8-12(9-19)2-7-15(11)20-16(21)10-22-17(20)13-3-5-14(18)6-4-13/h2-8,17H,10H2,1H3. The Balaban J connectivity index is 2.01. The number of nitrogens with zero attached hydrogens (tertiary/aromatic N) is 2. The summed E-state index contributed by atoms with van der Waals surface area (Å²) in [6.07, 6.45) is 0. The van der Waals surface area contributed by atoms with Crippen LogP contribution in [0.15, 0.2) is 42.5 Å². The Labute approximate surface area is 132 Å². The predicted octanol–water partition coefficient (Wildman–Crippen LogP) is 3.78. The Morgan fingerprint density at radius 2 is 2.00 bits per heavy atom. The van der Waals surface area contributed by atoms with E-state index >= 15 is 0 Å². The molecule has 0 aliphatic carbocycles. The third kappa shape index (κ3) is 2.58.